The Kier molecular flexibility index (Phi) is 5.56. The van der Waals surface area contributed by atoms with Crippen molar-refractivity contribution in [3.63, 3.8) is 0 Å². The third kappa shape index (κ3) is 4.13. The van der Waals surface area contributed by atoms with E-state index in [0.717, 1.165) is 31.8 Å². The molecule has 1 atom stereocenters. The molecule has 0 aliphatic carbocycles. The molecule has 0 amide bonds. The van der Waals surface area contributed by atoms with Crippen LogP contribution in [-0.2, 0) is 13.0 Å². The molecule has 5 rings (SSSR count). The van der Waals surface area contributed by atoms with Crippen LogP contribution in [0.25, 0.3) is 0 Å². The molecule has 0 N–H and O–H groups in total. The quantitative estimate of drug-likeness (QED) is 0.579. The fourth-order valence-corrected chi connectivity index (χ4v) is 4.80. The SMILES string of the molecule is CN(C)c1ccc(CCN2CCC(N3c4ccccc4COc4ccccc43)C2)cc1. The summed E-state index contributed by atoms with van der Waals surface area (Å²) < 4.78 is 6.16. The van der Waals surface area contributed by atoms with Gasteiger partial charge in [-0.15, -0.1) is 0 Å². The van der Waals surface area contributed by atoms with E-state index in [1.807, 2.05) is 0 Å². The predicted molar refractivity (Wildman–Crippen MR) is 129 cm³/mol. The van der Waals surface area contributed by atoms with E-state index in [1.54, 1.807) is 0 Å². The largest absolute Gasteiger partial charge is 0.487 e. The van der Waals surface area contributed by atoms with Gasteiger partial charge in [0.05, 0.1) is 5.69 Å². The molecule has 160 valence electrons. The maximum Gasteiger partial charge on any atom is 0.143 e. The lowest BCUT2D eigenvalue weighted by atomic mass is 10.1. The van der Waals surface area contributed by atoms with Crippen LogP contribution < -0.4 is 14.5 Å². The molecule has 0 spiro atoms. The highest BCUT2D eigenvalue weighted by atomic mass is 16.5. The maximum atomic E-state index is 6.16. The van der Waals surface area contributed by atoms with Gasteiger partial charge in [-0.05, 0) is 48.7 Å². The van der Waals surface area contributed by atoms with Gasteiger partial charge in [0, 0.05) is 56.7 Å². The molecular weight excluding hydrogens is 382 g/mol. The van der Waals surface area contributed by atoms with E-state index >= 15 is 0 Å². The molecule has 4 heteroatoms. The highest BCUT2D eigenvalue weighted by Gasteiger charge is 2.32. The van der Waals surface area contributed by atoms with Crippen LogP contribution in [0.4, 0.5) is 17.1 Å². The van der Waals surface area contributed by atoms with Crippen LogP contribution in [0.3, 0.4) is 0 Å². The lowest BCUT2D eigenvalue weighted by molar-refractivity contribution is 0.310. The van der Waals surface area contributed by atoms with Crippen LogP contribution in [-0.4, -0.2) is 44.7 Å². The number of para-hydroxylation sites is 3. The number of anilines is 3. The van der Waals surface area contributed by atoms with Crippen LogP contribution in [0, 0.1) is 0 Å². The van der Waals surface area contributed by atoms with Crippen LogP contribution in [0.1, 0.15) is 17.5 Å². The predicted octanol–water partition coefficient (Wildman–Crippen LogP) is 5.10. The number of hydrogen-bond donors (Lipinski definition) is 0. The van der Waals surface area contributed by atoms with Gasteiger partial charge in [-0.1, -0.05) is 42.5 Å². The van der Waals surface area contributed by atoms with Crippen molar-refractivity contribution in [2.24, 2.45) is 0 Å². The molecule has 31 heavy (non-hydrogen) atoms. The molecule has 3 aromatic rings. The highest BCUT2D eigenvalue weighted by Crippen LogP contribution is 2.42. The highest BCUT2D eigenvalue weighted by molar-refractivity contribution is 5.73. The third-order valence-corrected chi connectivity index (χ3v) is 6.54. The minimum absolute atomic E-state index is 0.458. The maximum absolute atomic E-state index is 6.16. The Morgan fingerprint density at radius 3 is 2.45 bits per heavy atom. The average molecular weight is 414 g/mol. The van der Waals surface area contributed by atoms with E-state index in [2.05, 4.69) is 102 Å². The molecule has 0 bridgehead atoms. The number of likely N-dealkylation sites (tertiary alicyclic amines) is 1. The van der Waals surface area contributed by atoms with Gasteiger partial charge in [-0.25, -0.2) is 0 Å². The number of hydrogen-bond acceptors (Lipinski definition) is 4. The molecule has 0 radical (unpaired) electrons. The minimum atomic E-state index is 0.458. The number of benzene rings is 3. The van der Waals surface area contributed by atoms with Gasteiger partial charge in [-0.2, -0.15) is 0 Å². The summed E-state index contributed by atoms with van der Waals surface area (Å²) in [5, 5.41) is 0. The fourth-order valence-electron chi connectivity index (χ4n) is 4.80. The van der Waals surface area contributed by atoms with Gasteiger partial charge in [0.25, 0.3) is 0 Å². The van der Waals surface area contributed by atoms with Crippen molar-refractivity contribution in [1.29, 1.82) is 0 Å². The average Bonchev–Trinajstić information content (AvgIpc) is 3.20. The fraction of sp³-hybridized carbons (Fsp3) is 0.333. The van der Waals surface area contributed by atoms with Crippen molar-refractivity contribution in [2.45, 2.75) is 25.5 Å². The summed E-state index contributed by atoms with van der Waals surface area (Å²) in [6.45, 7) is 3.95. The molecule has 2 aliphatic rings. The van der Waals surface area contributed by atoms with Crippen molar-refractivity contribution in [3.05, 3.63) is 83.9 Å². The number of fused-ring (bicyclic) bond motifs is 2. The van der Waals surface area contributed by atoms with Crippen LogP contribution >= 0.6 is 0 Å². The Bertz CT molecular complexity index is 983. The van der Waals surface area contributed by atoms with E-state index in [0.29, 0.717) is 12.6 Å². The normalized spacial score (nSPS) is 18.1. The Balaban J connectivity index is 1.31. The van der Waals surface area contributed by atoms with Crippen molar-refractivity contribution in [3.8, 4) is 5.75 Å². The first kappa shape index (κ1) is 20.0. The second-order valence-corrected chi connectivity index (χ2v) is 8.81. The van der Waals surface area contributed by atoms with Crippen LogP contribution in [0.15, 0.2) is 72.8 Å². The first-order chi connectivity index (χ1) is 15.2. The molecule has 1 unspecified atom stereocenters. The van der Waals surface area contributed by atoms with E-state index in [1.165, 1.54) is 34.6 Å². The van der Waals surface area contributed by atoms with Crippen molar-refractivity contribution < 1.29 is 4.74 Å². The monoisotopic (exact) mass is 413 g/mol. The van der Waals surface area contributed by atoms with Gasteiger partial charge < -0.3 is 19.4 Å². The first-order valence-corrected chi connectivity index (χ1v) is 11.3. The smallest absolute Gasteiger partial charge is 0.143 e. The summed E-state index contributed by atoms with van der Waals surface area (Å²) in [5.74, 6) is 0.984. The van der Waals surface area contributed by atoms with E-state index in [4.69, 9.17) is 4.74 Å². The molecule has 0 saturated carbocycles. The second-order valence-electron chi connectivity index (χ2n) is 8.81. The van der Waals surface area contributed by atoms with E-state index in [-0.39, 0.29) is 0 Å². The van der Waals surface area contributed by atoms with E-state index < -0.39 is 0 Å². The zero-order chi connectivity index (χ0) is 21.2. The summed E-state index contributed by atoms with van der Waals surface area (Å²) in [7, 11) is 4.17. The van der Waals surface area contributed by atoms with Gasteiger partial charge in [0.2, 0.25) is 0 Å². The minimum Gasteiger partial charge on any atom is -0.487 e. The summed E-state index contributed by atoms with van der Waals surface area (Å²) >= 11 is 0. The first-order valence-electron chi connectivity index (χ1n) is 11.3. The number of ether oxygens (including phenoxy) is 1. The zero-order valence-corrected chi connectivity index (χ0v) is 18.5. The molecule has 2 heterocycles. The topological polar surface area (TPSA) is 19.0 Å². The summed E-state index contributed by atoms with van der Waals surface area (Å²) in [6, 6.07) is 26.6. The molecule has 4 nitrogen and oxygen atoms in total. The van der Waals surface area contributed by atoms with Gasteiger partial charge in [0.1, 0.15) is 12.4 Å². The molecule has 1 fully saturated rings. The number of rotatable bonds is 5. The van der Waals surface area contributed by atoms with Gasteiger partial charge in [0.15, 0.2) is 0 Å². The van der Waals surface area contributed by atoms with Crippen LogP contribution in [0.2, 0.25) is 0 Å². The Morgan fingerprint density at radius 1 is 0.903 bits per heavy atom. The van der Waals surface area contributed by atoms with E-state index in [9.17, 15) is 0 Å². The van der Waals surface area contributed by atoms with Gasteiger partial charge >= 0.3 is 0 Å². The van der Waals surface area contributed by atoms with Gasteiger partial charge in [-0.3, -0.25) is 0 Å². The molecule has 2 aliphatic heterocycles. The summed E-state index contributed by atoms with van der Waals surface area (Å²) in [6.07, 6.45) is 2.26. The van der Waals surface area contributed by atoms with Crippen molar-refractivity contribution in [1.82, 2.24) is 4.90 Å². The van der Waals surface area contributed by atoms with Crippen molar-refractivity contribution >= 4 is 17.1 Å². The summed E-state index contributed by atoms with van der Waals surface area (Å²) in [5.41, 5.74) is 6.41. The van der Waals surface area contributed by atoms with Crippen LogP contribution in [0.5, 0.6) is 5.75 Å². The Morgan fingerprint density at radius 2 is 1.65 bits per heavy atom. The molecular formula is C27H31N3O. The molecule has 3 aromatic carbocycles. The number of nitrogens with zero attached hydrogens (tertiary/aromatic N) is 3. The van der Waals surface area contributed by atoms with Crippen molar-refractivity contribution in [2.75, 3.05) is 43.5 Å². The standard InChI is InChI=1S/C27H31N3O/c1-28(2)23-13-11-21(12-14-23)15-17-29-18-16-24(19-29)30-25-8-4-3-7-22(25)20-31-27-10-6-5-9-26(27)30/h3-14,24H,15-20H2,1-2H3. The lowest BCUT2D eigenvalue weighted by Gasteiger charge is -2.32. The zero-order valence-electron chi connectivity index (χ0n) is 18.5. The third-order valence-electron chi connectivity index (χ3n) is 6.54. The Hall–Kier alpha value is -2.98. The lowest BCUT2D eigenvalue weighted by Crippen LogP contribution is -2.35. The molecule has 0 aromatic heterocycles. The second kappa shape index (κ2) is 8.64. The summed E-state index contributed by atoms with van der Waals surface area (Å²) in [4.78, 5) is 7.29. The molecule has 1 saturated heterocycles. The Labute approximate surface area is 185 Å².